The van der Waals surface area contributed by atoms with Crippen molar-refractivity contribution in [3.05, 3.63) is 42.3 Å². The number of amides is 2. The van der Waals surface area contributed by atoms with Crippen LogP contribution in [0, 0.1) is 23.2 Å². The highest BCUT2D eigenvalue weighted by Gasteiger charge is 2.54. The molecule has 2 aromatic heterocycles. The van der Waals surface area contributed by atoms with Gasteiger partial charge < -0.3 is 4.42 Å². The Morgan fingerprint density at radius 3 is 2.45 bits per heavy atom. The zero-order chi connectivity index (χ0) is 21.2. The largest absolute Gasteiger partial charge is 0.464 e. The number of nitrogens with one attached hydrogen (secondary N) is 2. The fourth-order valence-electron chi connectivity index (χ4n) is 6.72. The Bertz CT molecular complexity index is 1160. The van der Waals surface area contributed by atoms with Gasteiger partial charge in [0.05, 0.1) is 11.0 Å². The van der Waals surface area contributed by atoms with Gasteiger partial charge in [0.2, 0.25) is 5.91 Å². The predicted molar refractivity (Wildman–Crippen MR) is 115 cm³/mol. The fourth-order valence-corrected chi connectivity index (χ4v) is 6.72. The summed E-state index contributed by atoms with van der Waals surface area (Å²) in [4.78, 5) is 26.2. The zero-order valence-corrected chi connectivity index (χ0v) is 17.6. The number of benzene rings is 1. The van der Waals surface area contributed by atoms with E-state index < -0.39 is 0 Å². The van der Waals surface area contributed by atoms with E-state index in [0.29, 0.717) is 29.0 Å². The van der Waals surface area contributed by atoms with Crippen molar-refractivity contribution in [1.29, 1.82) is 0 Å². The molecule has 0 radical (unpaired) electrons. The van der Waals surface area contributed by atoms with Gasteiger partial charge in [-0.1, -0.05) is 18.2 Å². The lowest BCUT2D eigenvalue weighted by atomic mass is 9.49. The number of carbonyl (C=O) groups excluding carboxylic acids is 2. The van der Waals surface area contributed by atoms with Crippen LogP contribution in [0.15, 0.2) is 41.1 Å². The molecule has 2 heterocycles. The number of hydrogen-bond acceptors (Lipinski definition) is 4. The Hall–Kier alpha value is -3.09. The summed E-state index contributed by atoms with van der Waals surface area (Å²) in [5.41, 5.74) is 7.56. The van der Waals surface area contributed by atoms with Gasteiger partial charge in [0.25, 0.3) is 5.91 Å². The first-order valence-corrected chi connectivity index (χ1v) is 11.1. The van der Waals surface area contributed by atoms with Gasteiger partial charge in [-0.25, -0.2) is 0 Å². The summed E-state index contributed by atoms with van der Waals surface area (Å²) >= 11 is 0. The third-order valence-electron chi connectivity index (χ3n) is 7.62. The van der Waals surface area contributed by atoms with Crippen molar-refractivity contribution in [2.45, 2.75) is 38.5 Å². The van der Waals surface area contributed by atoms with Gasteiger partial charge in [0.1, 0.15) is 17.5 Å². The van der Waals surface area contributed by atoms with E-state index in [1.165, 1.54) is 19.3 Å². The molecule has 0 unspecified atom stereocenters. The summed E-state index contributed by atoms with van der Waals surface area (Å²) in [6, 6.07) is 7.66. The summed E-state index contributed by atoms with van der Waals surface area (Å²) in [6.45, 7) is 0. The quantitative estimate of drug-likeness (QED) is 0.633. The molecule has 0 atom stereocenters. The van der Waals surface area contributed by atoms with Gasteiger partial charge in [-0.15, -0.1) is 0 Å². The summed E-state index contributed by atoms with van der Waals surface area (Å²) < 4.78 is 7.24. The van der Waals surface area contributed by atoms with E-state index in [1.807, 2.05) is 24.3 Å². The summed E-state index contributed by atoms with van der Waals surface area (Å²) in [7, 11) is 1.77. The second-order valence-corrected chi connectivity index (χ2v) is 9.82. The minimum atomic E-state index is -0.369. The molecule has 7 rings (SSSR count). The second-order valence-electron chi connectivity index (χ2n) is 9.82. The molecule has 4 aliphatic carbocycles. The van der Waals surface area contributed by atoms with Crippen LogP contribution in [-0.4, -0.2) is 21.6 Å². The summed E-state index contributed by atoms with van der Waals surface area (Å²) in [5.74, 6) is 1.62. The molecule has 0 spiro atoms. The van der Waals surface area contributed by atoms with E-state index in [0.717, 1.165) is 35.8 Å². The Morgan fingerprint density at radius 1 is 1.06 bits per heavy atom. The molecular weight excluding hydrogens is 392 g/mol. The molecule has 3 aromatic rings. The average Bonchev–Trinajstić information content (AvgIpc) is 3.34. The minimum absolute atomic E-state index is 0.0286. The number of nitrogens with zero attached hydrogens (tertiary/aromatic N) is 2. The molecule has 7 heteroatoms. The van der Waals surface area contributed by atoms with Gasteiger partial charge in [0.15, 0.2) is 0 Å². The van der Waals surface area contributed by atoms with Crippen LogP contribution in [0.1, 0.15) is 48.9 Å². The Labute approximate surface area is 180 Å². The number of aromatic nitrogens is 2. The predicted octanol–water partition coefficient (Wildman–Crippen LogP) is 3.81. The van der Waals surface area contributed by atoms with Gasteiger partial charge in [0, 0.05) is 24.2 Å². The molecule has 4 saturated carbocycles. The highest BCUT2D eigenvalue weighted by molar-refractivity contribution is 6.04. The molecule has 4 aliphatic rings. The molecule has 2 N–H and O–H groups in total. The van der Waals surface area contributed by atoms with Crippen molar-refractivity contribution >= 4 is 22.8 Å². The standard InChI is InChI=1S/C24H26N4O3/c1-28-12-18(21(27-28)19-13-31-20-5-3-2-4-17(19)20)22(29)25-26-23(30)24-9-14-6-15(10-24)8-16(7-14)11-24/h2-5,12-16H,6-11H2,1H3,(H,25,29)(H,26,30). The first-order valence-electron chi connectivity index (χ1n) is 11.1. The van der Waals surface area contributed by atoms with Crippen molar-refractivity contribution in [2.24, 2.45) is 30.2 Å². The lowest BCUT2D eigenvalue weighted by molar-refractivity contribution is -0.147. The molecule has 4 bridgehead atoms. The van der Waals surface area contributed by atoms with Crippen molar-refractivity contribution < 1.29 is 14.0 Å². The first-order chi connectivity index (χ1) is 15.0. The Balaban J connectivity index is 1.22. The van der Waals surface area contributed by atoms with Crippen LogP contribution in [0.5, 0.6) is 0 Å². The van der Waals surface area contributed by atoms with Crippen LogP contribution in [0.2, 0.25) is 0 Å². The SMILES string of the molecule is Cn1cc(C(=O)NNC(=O)C23CC4CC(CC(C4)C2)C3)c(-c2coc3ccccc23)n1. The molecule has 1 aromatic carbocycles. The lowest BCUT2D eigenvalue weighted by Crippen LogP contribution is -2.56. The van der Waals surface area contributed by atoms with E-state index in [2.05, 4.69) is 16.0 Å². The Morgan fingerprint density at radius 2 is 1.74 bits per heavy atom. The topological polar surface area (TPSA) is 89.2 Å². The number of rotatable bonds is 3. The molecular formula is C24H26N4O3. The Kier molecular flexibility index (Phi) is 4.04. The van der Waals surface area contributed by atoms with Crippen molar-refractivity contribution in [3.8, 4) is 11.3 Å². The number of hydrogen-bond donors (Lipinski definition) is 2. The highest BCUT2D eigenvalue weighted by Crippen LogP contribution is 2.60. The van der Waals surface area contributed by atoms with Crippen LogP contribution in [0.4, 0.5) is 0 Å². The molecule has 160 valence electrons. The molecule has 0 aliphatic heterocycles. The van der Waals surface area contributed by atoms with E-state index in [4.69, 9.17) is 4.42 Å². The number of furan rings is 1. The zero-order valence-electron chi connectivity index (χ0n) is 17.6. The van der Waals surface area contributed by atoms with Gasteiger partial charge in [-0.2, -0.15) is 5.10 Å². The van der Waals surface area contributed by atoms with E-state index in [-0.39, 0.29) is 17.2 Å². The molecule has 7 nitrogen and oxygen atoms in total. The van der Waals surface area contributed by atoms with Crippen LogP contribution < -0.4 is 10.9 Å². The first kappa shape index (κ1) is 18.7. The summed E-state index contributed by atoms with van der Waals surface area (Å²) in [5, 5.41) is 5.39. The average molecular weight is 418 g/mol. The maximum Gasteiger partial charge on any atom is 0.273 e. The van der Waals surface area contributed by atoms with Crippen LogP contribution in [-0.2, 0) is 11.8 Å². The molecule has 31 heavy (non-hydrogen) atoms. The number of fused-ring (bicyclic) bond motifs is 1. The van der Waals surface area contributed by atoms with Gasteiger partial charge in [-0.3, -0.25) is 25.1 Å². The number of aryl methyl sites for hydroxylation is 1. The lowest BCUT2D eigenvalue weighted by Gasteiger charge is -2.55. The van der Waals surface area contributed by atoms with Crippen molar-refractivity contribution in [2.75, 3.05) is 0 Å². The molecule has 0 saturated heterocycles. The van der Waals surface area contributed by atoms with E-state index >= 15 is 0 Å². The maximum absolute atomic E-state index is 13.2. The van der Waals surface area contributed by atoms with Gasteiger partial charge >= 0.3 is 0 Å². The molecule has 4 fully saturated rings. The van der Waals surface area contributed by atoms with Gasteiger partial charge in [-0.05, 0) is 62.3 Å². The van der Waals surface area contributed by atoms with E-state index in [1.54, 1.807) is 24.2 Å². The van der Waals surface area contributed by atoms with Crippen LogP contribution in [0.25, 0.3) is 22.2 Å². The number of carbonyl (C=O) groups is 2. The smallest absolute Gasteiger partial charge is 0.273 e. The minimum Gasteiger partial charge on any atom is -0.464 e. The van der Waals surface area contributed by atoms with Crippen molar-refractivity contribution in [1.82, 2.24) is 20.6 Å². The third kappa shape index (κ3) is 2.98. The fraction of sp³-hybridized carbons (Fsp3) is 0.458. The summed E-state index contributed by atoms with van der Waals surface area (Å²) in [6.07, 6.45) is 9.99. The normalized spacial score (nSPS) is 28.7. The second kappa shape index (κ2) is 6.70. The van der Waals surface area contributed by atoms with Crippen LogP contribution >= 0.6 is 0 Å². The maximum atomic E-state index is 13.2. The van der Waals surface area contributed by atoms with Crippen molar-refractivity contribution in [3.63, 3.8) is 0 Å². The van der Waals surface area contributed by atoms with Crippen LogP contribution in [0.3, 0.4) is 0 Å². The third-order valence-corrected chi connectivity index (χ3v) is 7.62. The monoisotopic (exact) mass is 418 g/mol. The molecule has 2 amide bonds. The van der Waals surface area contributed by atoms with E-state index in [9.17, 15) is 9.59 Å². The number of hydrazine groups is 1. The number of para-hydroxylation sites is 1. The highest BCUT2D eigenvalue weighted by atomic mass is 16.3.